The molecule has 0 spiro atoms. The van der Waals surface area contributed by atoms with Gasteiger partial charge >= 0.3 is 0 Å². The largest absolute Gasteiger partial charge is 0.0885 e. The van der Waals surface area contributed by atoms with Crippen LogP contribution < -0.4 is 0 Å². The average molecular weight is 291 g/mol. The van der Waals surface area contributed by atoms with E-state index in [2.05, 4.69) is 31.2 Å². The first-order valence-electron chi connectivity index (χ1n) is 9.69. The Hall–Kier alpha value is -0.520. The maximum absolute atomic E-state index is 2.43. The molecule has 0 aromatic heterocycles. The molecule has 1 aliphatic carbocycles. The molecule has 0 fully saturated rings. The molecule has 1 aliphatic rings. The smallest absolute Gasteiger partial charge is 0.0351 e. The fourth-order valence-corrected chi connectivity index (χ4v) is 3.19. The van der Waals surface area contributed by atoms with Crippen LogP contribution in [-0.4, -0.2) is 0 Å². The first-order chi connectivity index (χ1) is 10.4. The van der Waals surface area contributed by atoms with Gasteiger partial charge in [0.25, 0.3) is 0 Å². The molecule has 0 heterocycles. The van der Waals surface area contributed by atoms with E-state index in [-0.39, 0.29) is 0 Å². The van der Waals surface area contributed by atoms with Gasteiger partial charge in [0, 0.05) is 0 Å². The maximum Gasteiger partial charge on any atom is -0.0351 e. The van der Waals surface area contributed by atoms with Gasteiger partial charge in [0.05, 0.1) is 0 Å². The van der Waals surface area contributed by atoms with Gasteiger partial charge < -0.3 is 0 Å². The minimum atomic E-state index is 0.914. The van der Waals surface area contributed by atoms with Crippen molar-refractivity contribution >= 4 is 0 Å². The maximum atomic E-state index is 2.43. The molecule has 0 heteroatoms. The van der Waals surface area contributed by atoms with Crippen molar-refractivity contribution in [2.24, 2.45) is 5.92 Å². The highest BCUT2D eigenvalue weighted by Gasteiger charge is 2.00. The molecule has 21 heavy (non-hydrogen) atoms. The summed E-state index contributed by atoms with van der Waals surface area (Å²) in [6.07, 6.45) is 30.5. The molecule has 0 aromatic carbocycles. The lowest BCUT2D eigenvalue weighted by Gasteiger charge is -2.09. The van der Waals surface area contributed by atoms with Crippen LogP contribution in [0.3, 0.4) is 0 Å². The third kappa shape index (κ3) is 12.9. The van der Waals surface area contributed by atoms with Gasteiger partial charge in [0.2, 0.25) is 0 Å². The second-order valence-corrected chi connectivity index (χ2v) is 6.96. The molecule has 0 nitrogen and oxygen atoms in total. The Bertz CT molecular complexity index is 235. The van der Waals surface area contributed by atoms with Crippen LogP contribution in [0.15, 0.2) is 24.3 Å². The van der Waals surface area contributed by atoms with Crippen molar-refractivity contribution in [1.29, 1.82) is 0 Å². The van der Waals surface area contributed by atoms with Gasteiger partial charge in [-0.3, -0.25) is 0 Å². The molecule has 122 valence electrons. The number of rotatable bonds is 0. The summed E-state index contributed by atoms with van der Waals surface area (Å²) in [5.74, 6) is 0.914. The topological polar surface area (TPSA) is 0 Å². The Morgan fingerprint density at radius 1 is 0.476 bits per heavy atom. The standard InChI is InChI=1S/C21H38/c1-21-19-17-15-13-11-9-7-5-3-2-4-6-8-10-12-14-16-18-20-21/h11-14,21H,2-10,15-20H2,1H3. The Balaban J connectivity index is 2.19. The molecule has 0 radical (unpaired) electrons. The van der Waals surface area contributed by atoms with E-state index in [0.29, 0.717) is 0 Å². The van der Waals surface area contributed by atoms with Gasteiger partial charge in [-0.25, -0.2) is 0 Å². The molecule has 0 bridgehead atoms. The summed E-state index contributed by atoms with van der Waals surface area (Å²) < 4.78 is 0. The fraction of sp³-hybridized carbons (Fsp3) is 0.810. The number of allylic oxidation sites excluding steroid dienone is 4. The average Bonchev–Trinajstić information content (AvgIpc) is 2.48. The van der Waals surface area contributed by atoms with Crippen LogP contribution in [-0.2, 0) is 0 Å². The van der Waals surface area contributed by atoms with E-state index in [1.807, 2.05) is 0 Å². The van der Waals surface area contributed by atoms with Crippen LogP contribution in [0.25, 0.3) is 0 Å². The summed E-state index contributed by atoms with van der Waals surface area (Å²) >= 11 is 0. The minimum Gasteiger partial charge on any atom is -0.0885 e. The van der Waals surface area contributed by atoms with Crippen molar-refractivity contribution in [2.75, 3.05) is 0 Å². The Morgan fingerprint density at radius 3 is 1.24 bits per heavy atom. The molecule has 0 aromatic rings. The first-order valence-corrected chi connectivity index (χ1v) is 9.69. The van der Waals surface area contributed by atoms with Crippen molar-refractivity contribution < 1.29 is 0 Å². The van der Waals surface area contributed by atoms with Crippen LogP contribution in [0.2, 0.25) is 0 Å². The fourth-order valence-electron chi connectivity index (χ4n) is 3.19. The van der Waals surface area contributed by atoms with Crippen molar-refractivity contribution in [2.45, 2.75) is 103 Å². The van der Waals surface area contributed by atoms with Gasteiger partial charge in [-0.05, 0) is 57.3 Å². The summed E-state index contributed by atoms with van der Waals surface area (Å²) in [6, 6.07) is 0. The summed E-state index contributed by atoms with van der Waals surface area (Å²) in [5.41, 5.74) is 0. The van der Waals surface area contributed by atoms with Crippen LogP contribution in [0.5, 0.6) is 0 Å². The highest BCUT2D eigenvalue weighted by molar-refractivity contribution is 4.83. The van der Waals surface area contributed by atoms with E-state index in [9.17, 15) is 0 Å². The van der Waals surface area contributed by atoms with Gasteiger partial charge in [-0.15, -0.1) is 0 Å². The van der Waals surface area contributed by atoms with E-state index in [0.717, 1.165) is 5.92 Å². The summed E-state index contributed by atoms with van der Waals surface area (Å²) in [7, 11) is 0. The lowest BCUT2D eigenvalue weighted by atomic mass is 9.97. The summed E-state index contributed by atoms with van der Waals surface area (Å²) in [6.45, 7) is 2.43. The zero-order valence-corrected chi connectivity index (χ0v) is 14.5. The lowest BCUT2D eigenvalue weighted by Crippen LogP contribution is -1.94. The van der Waals surface area contributed by atoms with E-state index in [4.69, 9.17) is 0 Å². The highest BCUT2D eigenvalue weighted by Crippen LogP contribution is 2.16. The van der Waals surface area contributed by atoms with Crippen LogP contribution >= 0.6 is 0 Å². The zero-order chi connectivity index (χ0) is 15.0. The third-order valence-electron chi connectivity index (χ3n) is 4.71. The van der Waals surface area contributed by atoms with Crippen molar-refractivity contribution in [1.82, 2.24) is 0 Å². The predicted molar refractivity (Wildman–Crippen MR) is 96.7 cm³/mol. The molecule has 0 amide bonds. The van der Waals surface area contributed by atoms with Crippen LogP contribution in [0.4, 0.5) is 0 Å². The molecule has 0 saturated carbocycles. The Kier molecular flexibility index (Phi) is 12.7. The van der Waals surface area contributed by atoms with Gasteiger partial charge in [0.1, 0.15) is 0 Å². The molecular weight excluding hydrogens is 252 g/mol. The normalized spacial score (nSPS) is 25.5. The van der Waals surface area contributed by atoms with E-state index in [1.54, 1.807) is 0 Å². The van der Waals surface area contributed by atoms with Gasteiger partial charge in [-0.1, -0.05) is 76.2 Å². The summed E-state index contributed by atoms with van der Waals surface area (Å²) in [4.78, 5) is 0. The Labute approximate surface area is 134 Å². The monoisotopic (exact) mass is 290 g/mol. The minimum absolute atomic E-state index is 0.914. The third-order valence-corrected chi connectivity index (χ3v) is 4.71. The SMILES string of the molecule is CC1CCCC=CCCCCCCCCCC=CCCC1. The van der Waals surface area contributed by atoms with Crippen molar-refractivity contribution in [3.05, 3.63) is 24.3 Å². The molecule has 0 saturated heterocycles. The van der Waals surface area contributed by atoms with E-state index < -0.39 is 0 Å². The molecular formula is C21H38. The number of hydrogen-bond acceptors (Lipinski definition) is 0. The zero-order valence-electron chi connectivity index (χ0n) is 14.5. The molecule has 0 unspecified atom stereocenters. The molecule has 1 rings (SSSR count). The lowest BCUT2D eigenvalue weighted by molar-refractivity contribution is 0.463. The van der Waals surface area contributed by atoms with Gasteiger partial charge in [0.15, 0.2) is 0 Å². The van der Waals surface area contributed by atoms with E-state index >= 15 is 0 Å². The van der Waals surface area contributed by atoms with Crippen molar-refractivity contribution in [3.8, 4) is 0 Å². The van der Waals surface area contributed by atoms with Crippen LogP contribution in [0, 0.1) is 5.92 Å². The van der Waals surface area contributed by atoms with Gasteiger partial charge in [-0.2, -0.15) is 0 Å². The summed E-state index contributed by atoms with van der Waals surface area (Å²) in [5, 5.41) is 0. The highest BCUT2D eigenvalue weighted by atomic mass is 14.1. The molecule has 0 aliphatic heterocycles. The predicted octanol–water partition coefficient (Wildman–Crippen LogP) is 7.60. The van der Waals surface area contributed by atoms with Crippen molar-refractivity contribution in [3.63, 3.8) is 0 Å². The first kappa shape index (κ1) is 18.5. The molecule has 0 atom stereocenters. The molecule has 0 N–H and O–H groups in total. The quantitative estimate of drug-likeness (QED) is 0.403. The second-order valence-electron chi connectivity index (χ2n) is 6.96. The second kappa shape index (κ2) is 14.4. The van der Waals surface area contributed by atoms with E-state index in [1.165, 1.54) is 96.3 Å². The Morgan fingerprint density at radius 2 is 0.810 bits per heavy atom. The van der Waals surface area contributed by atoms with Crippen LogP contribution in [0.1, 0.15) is 103 Å². The number of hydrogen-bond donors (Lipinski definition) is 0.